The molecule has 2 heterocycles. The van der Waals surface area contributed by atoms with Crippen LogP contribution in [0, 0.1) is 0 Å². The van der Waals surface area contributed by atoms with Crippen LogP contribution in [-0.4, -0.2) is 45.0 Å². The molecule has 0 aliphatic carbocycles. The molecule has 1 N–H and O–H groups in total. The number of rotatable bonds is 6. The Morgan fingerprint density at radius 2 is 1.63 bits per heavy atom. The Morgan fingerprint density at radius 3 is 2.13 bits per heavy atom. The molecule has 7 nitrogen and oxygen atoms in total. The summed E-state index contributed by atoms with van der Waals surface area (Å²) in [6.45, 7) is 22.6. The normalized spacial score (nSPS) is 23.7. The average molecular weight is 457 g/mol. The van der Waals surface area contributed by atoms with Gasteiger partial charge >= 0.3 is 5.69 Å². The molecule has 0 spiro atoms. The largest absolute Gasteiger partial charge is 0.414 e. The lowest BCUT2D eigenvalue weighted by Crippen LogP contribution is -2.48. The van der Waals surface area contributed by atoms with Gasteiger partial charge in [-0.2, -0.15) is 0 Å². The fourth-order valence-corrected chi connectivity index (χ4v) is 5.23. The van der Waals surface area contributed by atoms with E-state index in [4.69, 9.17) is 13.6 Å². The maximum Gasteiger partial charge on any atom is 0.330 e. The molecular weight excluding hydrogens is 416 g/mol. The van der Waals surface area contributed by atoms with Crippen molar-refractivity contribution >= 4 is 16.6 Å². The SMILES string of the molecule is CC(C)(C)[Si](C)(C)OC[C@@H]1O[C@H](n2ccc(=O)[nH]c2=O)CC1O[Si](C)(C)C(C)(C)C. The zero-order chi connectivity index (χ0) is 23.1. The highest BCUT2D eigenvalue weighted by Gasteiger charge is 2.46. The van der Waals surface area contributed by atoms with Crippen LogP contribution < -0.4 is 11.2 Å². The van der Waals surface area contributed by atoms with Gasteiger partial charge in [-0.15, -0.1) is 0 Å². The van der Waals surface area contributed by atoms with E-state index in [2.05, 4.69) is 72.7 Å². The summed E-state index contributed by atoms with van der Waals surface area (Å²) >= 11 is 0. The third-order valence-corrected chi connectivity index (χ3v) is 16.0. The number of nitrogens with zero attached hydrogens (tertiary/aromatic N) is 1. The fraction of sp³-hybridized carbons (Fsp3) is 0.810. The van der Waals surface area contributed by atoms with E-state index in [1.165, 1.54) is 16.8 Å². The minimum Gasteiger partial charge on any atom is -0.414 e. The molecule has 1 aromatic rings. The summed E-state index contributed by atoms with van der Waals surface area (Å²) in [6, 6.07) is 1.34. The topological polar surface area (TPSA) is 82.5 Å². The van der Waals surface area contributed by atoms with Crippen LogP contribution in [0.4, 0.5) is 0 Å². The molecule has 172 valence electrons. The van der Waals surface area contributed by atoms with Crippen molar-refractivity contribution < 1.29 is 13.6 Å². The predicted molar refractivity (Wildman–Crippen MR) is 125 cm³/mol. The minimum atomic E-state index is -2.05. The summed E-state index contributed by atoms with van der Waals surface area (Å²) < 4.78 is 20.9. The molecule has 3 atom stereocenters. The van der Waals surface area contributed by atoms with Crippen LogP contribution >= 0.6 is 0 Å². The number of nitrogens with one attached hydrogen (secondary N) is 1. The quantitative estimate of drug-likeness (QED) is 0.648. The van der Waals surface area contributed by atoms with Crippen molar-refractivity contribution in [2.75, 3.05) is 6.61 Å². The van der Waals surface area contributed by atoms with Gasteiger partial charge < -0.3 is 13.6 Å². The number of hydrogen-bond donors (Lipinski definition) is 1. The number of H-pyrrole nitrogens is 1. The van der Waals surface area contributed by atoms with Crippen LogP contribution in [-0.2, 0) is 13.6 Å². The lowest BCUT2D eigenvalue weighted by atomic mass is 10.2. The second-order valence-electron chi connectivity index (χ2n) is 11.4. The number of ether oxygens (including phenoxy) is 1. The van der Waals surface area contributed by atoms with Crippen molar-refractivity contribution in [1.82, 2.24) is 9.55 Å². The predicted octanol–water partition coefficient (Wildman–Crippen LogP) is 4.24. The Bertz CT molecular complexity index is 848. The van der Waals surface area contributed by atoms with Crippen molar-refractivity contribution in [3.8, 4) is 0 Å². The van der Waals surface area contributed by atoms with Gasteiger partial charge in [0.25, 0.3) is 5.56 Å². The van der Waals surface area contributed by atoms with Crippen LogP contribution in [0.1, 0.15) is 54.2 Å². The van der Waals surface area contributed by atoms with E-state index in [0.717, 1.165) is 0 Å². The Morgan fingerprint density at radius 1 is 1.07 bits per heavy atom. The van der Waals surface area contributed by atoms with Gasteiger partial charge in [-0.05, 0) is 36.3 Å². The molecule has 9 heteroatoms. The molecule has 1 unspecified atom stereocenters. The first-order valence-corrected chi connectivity index (χ1v) is 16.5. The van der Waals surface area contributed by atoms with Gasteiger partial charge in [0.2, 0.25) is 0 Å². The molecule has 30 heavy (non-hydrogen) atoms. The molecule has 0 bridgehead atoms. The minimum absolute atomic E-state index is 0.0603. The molecule has 1 fully saturated rings. The maximum atomic E-state index is 12.3. The lowest BCUT2D eigenvalue weighted by Gasteiger charge is -2.40. The molecular formula is C21H40N2O5Si2. The van der Waals surface area contributed by atoms with Gasteiger partial charge in [-0.25, -0.2) is 4.79 Å². The van der Waals surface area contributed by atoms with Crippen molar-refractivity contribution in [1.29, 1.82) is 0 Å². The molecule has 0 aromatic carbocycles. The molecule has 0 amide bonds. The van der Waals surface area contributed by atoms with Gasteiger partial charge in [0, 0.05) is 18.7 Å². The summed E-state index contributed by atoms with van der Waals surface area (Å²) in [4.78, 5) is 26.1. The van der Waals surface area contributed by atoms with E-state index in [9.17, 15) is 9.59 Å². The van der Waals surface area contributed by atoms with Crippen LogP contribution in [0.15, 0.2) is 21.9 Å². The number of aromatic nitrogens is 2. The Labute approximate surface area is 182 Å². The first-order chi connectivity index (χ1) is 13.4. The van der Waals surface area contributed by atoms with Gasteiger partial charge in [0.1, 0.15) is 12.3 Å². The van der Waals surface area contributed by atoms with E-state index in [1.807, 2.05) is 0 Å². The van der Waals surface area contributed by atoms with Crippen LogP contribution in [0.3, 0.4) is 0 Å². The standard InChI is InChI=1S/C21H40N2O5Si2/c1-20(2,3)29(7,8)26-14-16-15(28-30(9,10)21(4,5)6)13-18(27-16)23-12-11-17(24)22-19(23)25/h11-12,15-16,18H,13-14H2,1-10H3,(H,22,24,25)/t15?,16-,18-/m0/s1. The smallest absolute Gasteiger partial charge is 0.330 e. The number of aromatic amines is 1. The first-order valence-electron chi connectivity index (χ1n) is 10.7. The third kappa shape index (κ3) is 5.61. The van der Waals surface area contributed by atoms with Crippen molar-refractivity contribution in [2.24, 2.45) is 0 Å². The van der Waals surface area contributed by atoms with Crippen LogP contribution in [0.5, 0.6) is 0 Å². The van der Waals surface area contributed by atoms with Gasteiger partial charge in [-0.3, -0.25) is 14.3 Å². The molecule has 0 saturated carbocycles. The van der Waals surface area contributed by atoms with Gasteiger partial charge in [0.15, 0.2) is 16.6 Å². The summed E-state index contributed by atoms with van der Waals surface area (Å²) in [7, 11) is -4.00. The number of hydrogen-bond acceptors (Lipinski definition) is 5. The fourth-order valence-electron chi connectivity index (χ4n) is 2.86. The van der Waals surface area contributed by atoms with Gasteiger partial charge in [-0.1, -0.05) is 41.5 Å². The molecule has 1 aliphatic rings. The monoisotopic (exact) mass is 456 g/mol. The average Bonchev–Trinajstić information content (AvgIpc) is 2.92. The zero-order valence-corrected chi connectivity index (χ0v) is 22.3. The molecule has 2 rings (SSSR count). The van der Waals surface area contributed by atoms with Crippen molar-refractivity contribution in [3.05, 3.63) is 33.1 Å². The second kappa shape index (κ2) is 8.50. The van der Waals surface area contributed by atoms with E-state index < -0.39 is 34.1 Å². The lowest BCUT2D eigenvalue weighted by molar-refractivity contribution is -0.0412. The maximum absolute atomic E-state index is 12.3. The zero-order valence-electron chi connectivity index (χ0n) is 20.3. The Hall–Kier alpha value is -1.01. The molecule has 1 aromatic heterocycles. The van der Waals surface area contributed by atoms with E-state index >= 15 is 0 Å². The Balaban J connectivity index is 2.28. The van der Waals surface area contributed by atoms with Crippen LogP contribution in [0.25, 0.3) is 0 Å². The highest BCUT2D eigenvalue weighted by molar-refractivity contribution is 6.74. The van der Waals surface area contributed by atoms with E-state index in [-0.39, 0.29) is 22.3 Å². The Kier molecular flexibility index (Phi) is 7.15. The summed E-state index contributed by atoms with van der Waals surface area (Å²) in [5.41, 5.74) is -0.884. The second-order valence-corrected chi connectivity index (χ2v) is 20.9. The van der Waals surface area contributed by atoms with Gasteiger partial charge in [0.05, 0.1) is 12.7 Å². The molecule has 1 saturated heterocycles. The first kappa shape index (κ1) is 25.3. The molecule has 1 aliphatic heterocycles. The van der Waals surface area contributed by atoms with E-state index in [1.54, 1.807) is 0 Å². The van der Waals surface area contributed by atoms with Crippen LogP contribution in [0.2, 0.25) is 36.3 Å². The summed E-state index contributed by atoms with van der Waals surface area (Å²) in [5, 5.41) is 0.154. The molecule has 0 radical (unpaired) electrons. The third-order valence-electron chi connectivity index (χ3n) is 7.01. The summed E-state index contributed by atoms with van der Waals surface area (Å²) in [5.74, 6) is 0. The highest BCUT2D eigenvalue weighted by atomic mass is 28.4. The van der Waals surface area contributed by atoms with E-state index in [0.29, 0.717) is 13.0 Å². The summed E-state index contributed by atoms with van der Waals surface area (Å²) in [6.07, 6.45) is 1.12. The van der Waals surface area contributed by atoms with Crippen molar-refractivity contribution in [2.45, 2.75) is 103 Å². The van der Waals surface area contributed by atoms with Crippen molar-refractivity contribution in [3.63, 3.8) is 0 Å². The highest BCUT2D eigenvalue weighted by Crippen LogP contribution is 2.42.